The summed E-state index contributed by atoms with van der Waals surface area (Å²) in [7, 11) is 0. The Morgan fingerprint density at radius 2 is 2.42 bits per heavy atom. The van der Waals surface area contributed by atoms with E-state index >= 15 is 0 Å². The number of hydrogen-bond donors (Lipinski definition) is 0. The van der Waals surface area contributed by atoms with Gasteiger partial charge < -0.3 is 14.3 Å². The maximum absolute atomic E-state index is 10.0. The van der Waals surface area contributed by atoms with Gasteiger partial charge in [-0.3, -0.25) is 0 Å². The van der Waals surface area contributed by atoms with Crippen LogP contribution < -0.4 is 0 Å². The first-order chi connectivity index (χ1) is 5.77. The quantitative estimate of drug-likeness (QED) is 0.419. The molecule has 0 aliphatic carbocycles. The van der Waals surface area contributed by atoms with Gasteiger partial charge in [-0.15, -0.1) is 10.1 Å². The Balaban J connectivity index is 1.95. The van der Waals surface area contributed by atoms with Crippen molar-refractivity contribution in [3.8, 4) is 0 Å². The van der Waals surface area contributed by atoms with E-state index < -0.39 is 11.2 Å². The average molecular weight is 174 g/mol. The molecule has 1 radical (unpaired) electrons. The van der Waals surface area contributed by atoms with Crippen molar-refractivity contribution in [3.63, 3.8) is 0 Å². The van der Waals surface area contributed by atoms with Crippen LogP contribution in [0, 0.1) is 16.5 Å². The molecule has 0 bridgehead atoms. The van der Waals surface area contributed by atoms with E-state index in [1.165, 1.54) is 0 Å². The third-order valence-electron chi connectivity index (χ3n) is 1.98. The molecule has 0 unspecified atom stereocenters. The van der Waals surface area contributed by atoms with Gasteiger partial charge in [0.25, 0.3) is 5.09 Å². The summed E-state index contributed by atoms with van der Waals surface area (Å²) < 4.78 is 10.4. The summed E-state index contributed by atoms with van der Waals surface area (Å²) in [5.74, 6) is 0. The van der Waals surface area contributed by atoms with Crippen molar-refractivity contribution in [2.45, 2.75) is 18.3 Å². The van der Waals surface area contributed by atoms with Crippen molar-refractivity contribution in [3.05, 3.63) is 16.5 Å². The van der Waals surface area contributed by atoms with Crippen LogP contribution in [0.4, 0.5) is 0 Å². The minimum absolute atomic E-state index is 0.130. The summed E-state index contributed by atoms with van der Waals surface area (Å²) in [6, 6.07) is 0. The summed E-state index contributed by atoms with van der Waals surface area (Å²) >= 11 is 0. The van der Waals surface area contributed by atoms with Gasteiger partial charge in [0.2, 0.25) is 0 Å². The molecule has 0 aromatic heterocycles. The van der Waals surface area contributed by atoms with Crippen LogP contribution in [0.1, 0.15) is 0 Å². The van der Waals surface area contributed by atoms with E-state index in [0.29, 0.717) is 6.61 Å². The van der Waals surface area contributed by atoms with E-state index in [0.717, 1.165) is 0 Å². The Bertz CT molecular complexity index is 196. The maximum atomic E-state index is 10.0. The first-order valence-corrected chi connectivity index (χ1v) is 3.65. The smallest absolute Gasteiger partial charge is 0.294 e. The van der Waals surface area contributed by atoms with Gasteiger partial charge in [-0.25, -0.2) is 0 Å². The lowest BCUT2D eigenvalue weighted by Crippen LogP contribution is -2.31. The molecule has 2 saturated heterocycles. The van der Waals surface area contributed by atoms with Gasteiger partial charge in [-0.05, 0) is 0 Å². The van der Waals surface area contributed by atoms with Gasteiger partial charge in [-0.1, -0.05) is 0 Å². The third kappa shape index (κ3) is 1.23. The standard InChI is InChI=1S/C6H8NO5/c8-7(9)12-5-3-11-4-1-2-10-6(4)5/h1,4-6H,2-3H2/t4-,5-,6+/m1/s1. The average Bonchev–Trinajstić information content (AvgIpc) is 2.52. The molecule has 2 rings (SSSR count). The van der Waals surface area contributed by atoms with Gasteiger partial charge in [-0.2, -0.15) is 0 Å². The lowest BCUT2D eigenvalue weighted by Gasteiger charge is -2.12. The Kier molecular flexibility index (Phi) is 1.86. The predicted octanol–water partition coefficient (Wildman–Crippen LogP) is -0.435. The summed E-state index contributed by atoms with van der Waals surface area (Å²) in [6.07, 6.45) is 0.850. The van der Waals surface area contributed by atoms with E-state index in [-0.39, 0.29) is 18.8 Å². The predicted molar refractivity (Wildman–Crippen MR) is 35.6 cm³/mol. The molecule has 67 valence electrons. The molecular formula is C6H8NO5. The fourth-order valence-corrected chi connectivity index (χ4v) is 1.47. The van der Waals surface area contributed by atoms with Crippen molar-refractivity contribution < 1.29 is 19.4 Å². The SMILES string of the molecule is O=[N+]([O-])O[C@@H]1CO[C@@H]2[CH]CO[C@@H]21. The highest BCUT2D eigenvalue weighted by Gasteiger charge is 2.44. The zero-order valence-electron chi connectivity index (χ0n) is 6.21. The topological polar surface area (TPSA) is 70.8 Å². The number of ether oxygens (including phenoxy) is 2. The highest BCUT2D eigenvalue weighted by Crippen LogP contribution is 2.27. The molecule has 0 amide bonds. The molecule has 2 heterocycles. The van der Waals surface area contributed by atoms with Crippen molar-refractivity contribution in [2.24, 2.45) is 0 Å². The van der Waals surface area contributed by atoms with Crippen molar-refractivity contribution in [1.29, 1.82) is 0 Å². The molecule has 2 fully saturated rings. The second-order valence-electron chi connectivity index (χ2n) is 2.70. The summed E-state index contributed by atoms with van der Waals surface area (Å²) in [4.78, 5) is 14.4. The van der Waals surface area contributed by atoms with Crippen LogP contribution in [0.2, 0.25) is 0 Å². The van der Waals surface area contributed by atoms with E-state index in [4.69, 9.17) is 9.47 Å². The van der Waals surface area contributed by atoms with Crippen molar-refractivity contribution >= 4 is 0 Å². The lowest BCUT2D eigenvalue weighted by atomic mass is 10.1. The summed E-state index contributed by atoms with van der Waals surface area (Å²) in [5, 5.41) is 9.20. The number of hydrogen-bond acceptors (Lipinski definition) is 5. The minimum Gasteiger partial charge on any atom is -0.373 e. The summed E-state index contributed by atoms with van der Waals surface area (Å²) in [5.41, 5.74) is 0. The van der Waals surface area contributed by atoms with Crippen LogP contribution in [0.5, 0.6) is 0 Å². The van der Waals surface area contributed by atoms with Gasteiger partial charge in [0.05, 0.1) is 19.3 Å². The zero-order valence-corrected chi connectivity index (χ0v) is 6.21. The Morgan fingerprint density at radius 1 is 1.58 bits per heavy atom. The molecule has 0 saturated carbocycles. The van der Waals surface area contributed by atoms with E-state index in [1.807, 2.05) is 6.42 Å². The number of rotatable bonds is 2. The Hall–Kier alpha value is -0.880. The van der Waals surface area contributed by atoms with Crippen LogP contribution in [0.3, 0.4) is 0 Å². The van der Waals surface area contributed by atoms with Crippen LogP contribution in [0.15, 0.2) is 0 Å². The van der Waals surface area contributed by atoms with Gasteiger partial charge in [0.1, 0.15) is 6.10 Å². The molecule has 3 atom stereocenters. The van der Waals surface area contributed by atoms with Crippen LogP contribution >= 0.6 is 0 Å². The maximum Gasteiger partial charge on any atom is 0.294 e. The normalized spacial score (nSPS) is 39.5. The molecule has 6 nitrogen and oxygen atoms in total. The largest absolute Gasteiger partial charge is 0.373 e. The van der Waals surface area contributed by atoms with E-state index in [9.17, 15) is 10.1 Å². The lowest BCUT2D eigenvalue weighted by molar-refractivity contribution is -0.769. The van der Waals surface area contributed by atoms with Crippen LogP contribution in [-0.2, 0) is 14.3 Å². The second-order valence-corrected chi connectivity index (χ2v) is 2.70. The summed E-state index contributed by atoms with van der Waals surface area (Å²) in [6.45, 7) is 0.708. The van der Waals surface area contributed by atoms with Crippen LogP contribution in [0.25, 0.3) is 0 Å². The molecular weight excluding hydrogens is 166 g/mol. The Morgan fingerprint density at radius 3 is 3.17 bits per heavy atom. The molecule has 6 heteroatoms. The number of nitrogens with zero attached hydrogens (tertiary/aromatic N) is 1. The molecule has 2 aliphatic rings. The van der Waals surface area contributed by atoms with Crippen molar-refractivity contribution in [1.82, 2.24) is 0 Å². The molecule has 0 spiro atoms. The van der Waals surface area contributed by atoms with E-state index in [1.54, 1.807) is 0 Å². The third-order valence-corrected chi connectivity index (χ3v) is 1.98. The molecule has 2 aliphatic heterocycles. The fourth-order valence-electron chi connectivity index (χ4n) is 1.47. The van der Waals surface area contributed by atoms with Gasteiger partial charge in [0, 0.05) is 6.42 Å². The minimum atomic E-state index is -0.807. The van der Waals surface area contributed by atoms with Crippen molar-refractivity contribution in [2.75, 3.05) is 13.2 Å². The highest BCUT2D eigenvalue weighted by molar-refractivity contribution is 4.98. The Labute approximate surface area is 68.5 Å². The first-order valence-electron chi connectivity index (χ1n) is 3.65. The molecule has 0 aromatic rings. The molecule has 12 heavy (non-hydrogen) atoms. The van der Waals surface area contributed by atoms with Crippen LogP contribution in [-0.4, -0.2) is 36.6 Å². The van der Waals surface area contributed by atoms with Gasteiger partial charge in [0.15, 0.2) is 6.10 Å². The van der Waals surface area contributed by atoms with Gasteiger partial charge >= 0.3 is 0 Å². The molecule has 0 N–H and O–H groups in total. The second kappa shape index (κ2) is 2.87. The fraction of sp³-hybridized carbons (Fsp3) is 0.833. The zero-order chi connectivity index (χ0) is 8.55. The monoisotopic (exact) mass is 174 g/mol. The van der Waals surface area contributed by atoms with E-state index in [2.05, 4.69) is 4.84 Å². The number of fused-ring (bicyclic) bond motifs is 1. The first kappa shape index (κ1) is 7.75. The highest BCUT2D eigenvalue weighted by atomic mass is 17.0. The molecule has 0 aromatic carbocycles.